The van der Waals surface area contributed by atoms with Gasteiger partial charge in [0.25, 0.3) is 5.91 Å². The Morgan fingerprint density at radius 3 is 1.63 bits per heavy atom. The number of hydrogen-bond acceptors (Lipinski definition) is 22. The van der Waals surface area contributed by atoms with E-state index in [2.05, 4.69) is 126 Å². The number of hydrogen-bond donors (Lipinski definition) is 7. The molecule has 2 aliphatic heterocycles. The average molecular weight is 1690 g/mol. The molecule has 8 aromatic rings. The standard InChI is InChI=1S/C27H31FN4O3S2.C17H25N3OS2.C12H10F3NO3.C10H8FNO3.C9H8F3NO2.C3H3ClO/c1-5-22(33)30-20-9-8-18(12-19(20)28)26(34)32-10-6-7-17(14-32)11-24-31-25(16-37-24)36-15-23-29-13-21(35-23)27(2,3)4;1-17(2,3)13-10-19-14(21-13)11-22-16-7-6-15(23-16)20-12-5-4-8-18-9-12;1-3-10(17)16-9-5-4-7(11(18)19-2)6-8(9)12(13,14)15;1-2-9(13)12-8-4-3-6(10(14)15)5-7(8)11;1-15-8(14)5-2-3-7(13)6(4-5)9(10,11)12;1-2-3(4)5/h5,8-9,12-13,16-17H,1,6-7,10-11,14-15H2,2-4H3,(H,30,33);6-7,10,12,18,20H,4-5,8-9,11H2,1-3H3;3-6H,1H2,2H3,(H,16,17);2-5H,1H2,(H,12,13)(H,14,15);2-4H,13H2,1H3;2H,1H2/t17-;12-;;;;/m01..../s1. The summed E-state index contributed by atoms with van der Waals surface area (Å²) in [6.07, 6.45) is 3.50. The lowest BCUT2D eigenvalue weighted by atomic mass is 9.94. The molecule has 10 rings (SSSR count). The molecule has 612 valence electrons. The van der Waals surface area contributed by atoms with Crippen LogP contribution in [0.15, 0.2) is 171 Å². The average Bonchev–Trinajstić information content (AvgIpc) is 1.45. The summed E-state index contributed by atoms with van der Waals surface area (Å²) < 4.78 is 125. The van der Waals surface area contributed by atoms with Gasteiger partial charge in [-0.1, -0.05) is 79.6 Å². The first-order valence-corrected chi connectivity index (χ1v) is 38.4. The molecule has 0 unspecified atom stereocenters. The number of methoxy groups -OCH3 is 2. The third-order valence-electron chi connectivity index (χ3n) is 15.7. The zero-order valence-electron chi connectivity index (χ0n) is 63.1. The molecule has 8 N–H and O–H groups in total. The molecule has 4 aromatic carbocycles. The van der Waals surface area contributed by atoms with E-state index in [1.807, 2.05) is 22.9 Å². The van der Waals surface area contributed by atoms with Crippen molar-refractivity contribution in [1.82, 2.24) is 25.2 Å². The number of alkyl halides is 6. The van der Waals surface area contributed by atoms with E-state index in [4.69, 9.17) is 36.3 Å². The predicted molar refractivity (Wildman–Crippen MR) is 425 cm³/mol. The highest BCUT2D eigenvalue weighted by Crippen LogP contribution is 2.39. The Morgan fingerprint density at radius 2 is 1.16 bits per heavy atom. The highest BCUT2D eigenvalue weighted by Gasteiger charge is 2.36. The van der Waals surface area contributed by atoms with Crippen molar-refractivity contribution in [3.05, 3.63) is 227 Å². The summed E-state index contributed by atoms with van der Waals surface area (Å²) >= 11 is 11.5. The summed E-state index contributed by atoms with van der Waals surface area (Å²) in [5.74, 6) is -1.45. The number of allylic oxidation sites excluding steroid dienone is 1. The number of aromatic carboxylic acids is 1. The Morgan fingerprint density at radius 1 is 0.667 bits per heavy atom. The molecule has 2 aliphatic rings. The summed E-state index contributed by atoms with van der Waals surface area (Å²) in [5.41, 5.74) is 1.64. The fourth-order valence-corrected chi connectivity index (χ4v) is 13.7. The monoisotopic (exact) mass is 1680 g/mol. The van der Waals surface area contributed by atoms with Crippen LogP contribution in [0.2, 0.25) is 0 Å². The molecule has 6 heterocycles. The van der Waals surface area contributed by atoms with Crippen molar-refractivity contribution in [2.45, 2.75) is 124 Å². The molecule has 4 amide bonds. The van der Waals surface area contributed by atoms with Crippen LogP contribution >= 0.6 is 57.8 Å². The van der Waals surface area contributed by atoms with Crippen molar-refractivity contribution >= 4 is 132 Å². The van der Waals surface area contributed by atoms with Gasteiger partial charge >= 0.3 is 30.3 Å². The fourth-order valence-electron chi connectivity index (χ4n) is 9.90. The smallest absolute Gasteiger partial charge is 0.418 e. The molecule has 2 saturated heterocycles. The van der Waals surface area contributed by atoms with Crippen molar-refractivity contribution in [2.24, 2.45) is 5.92 Å². The van der Waals surface area contributed by atoms with Crippen LogP contribution in [0, 0.1) is 17.6 Å². The Labute approximate surface area is 674 Å². The lowest BCUT2D eigenvalue weighted by Gasteiger charge is -2.32. The summed E-state index contributed by atoms with van der Waals surface area (Å²) in [5, 5.41) is 27.0. The molecule has 0 bridgehead atoms. The van der Waals surface area contributed by atoms with Gasteiger partial charge in [-0.15, -0.1) is 34.4 Å². The number of halogens is 9. The molecule has 4 aromatic heterocycles. The number of thiophene rings is 1. The van der Waals surface area contributed by atoms with E-state index < -0.39 is 87.4 Å². The van der Waals surface area contributed by atoms with Crippen molar-refractivity contribution in [3.63, 3.8) is 0 Å². The normalized spacial score (nSPS) is 13.8. The maximum atomic E-state index is 14.4. The van der Waals surface area contributed by atoms with E-state index >= 15 is 0 Å². The van der Waals surface area contributed by atoms with Crippen LogP contribution in [0.5, 0.6) is 0 Å². The van der Waals surface area contributed by atoms with E-state index in [0.29, 0.717) is 48.8 Å². The Bertz CT molecular complexity index is 4680. The SMILES string of the molecule is C=CC(=O)Cl.C=CC(=O)Nc1ccc(C(=O)N2CCC[C@@H](Cc3nc(SCc4ncc(C(C)(C)C)o4)cs3)C2)cc1F.C=CC(=O)Nc1ccc(C(=O)O)cc1F.C=CC(=O)Nc1ccc(C(=O)OC)cc1C(F)(F)F.CC(C)(C)c1cnc(CSc2ccc(N[C@@H]3CCCNC3)s2)o1.COC(=O)c1ccc(N)c(C(F)(F)F)c1. The molecule has 114 heavy (non-hydrogen) atoms. The number of esters is 2. The number of carbonyl (C=O) groups is 8. The second-order valence-corrected chi connectivity index (χ2v) is 31.2. The number of aromatic nitrogens is 3. The van der Waals surface area contributed by atoms with Crippen molar-refractivity contribution in [3.8, 4) is 0 Å². The lowest BCUT2D eigenvalue weighted by Crippen LogP contribution is -2.40. The second-order valence-electron chi connectivity index (χ2n) is 26.5. The van der Waals surface area contributed by atoms with Gasteiger partial charge in [0, 0.05) is 59.6 Å². The number of carboxylic acids is 1. The molecule has 2 atom stereocenters. The minimum atomic E-state index is -4.71. The van der Waals surface area contributed by atoms with Crippen LogP contribution in [-0.4, -0.2) is 118 Å². The first-order valence-electron chi connectivity index (χ1n) is 34.4. The summed E-state index contributed by atoms with van der Waals surface area (Å²) in [4.78, 5) is 104. The zero-order valence-corrected chi connectivity index (χ0v) is 67.2. The molecule has 0 spiro atoms. The number of piperidine rings is 2. The number of thioether (sulfide) groups is 2. The maximum Gasteiger partial charge on any atom is 0.418 e. The van der Waals surface area contributed by atoms with Gasteiger partial charge in [-0.25, -0.2) is 38.1 Å². The first kappa shape index (κ1) is 94.1. The summed E-state index contributed by atoms with van der Waals surface area (Å²) in [7, 11) is 2.15. The quantitative estimate of drug-likeness (QED) is 0.00877. The van der Waals surface area contributed by atoms with E-state index in [1.165, 1.54) is 58.5 Å². The number of likely N-dealkylation sites (tertiary alicyclic amines) is 1. The van der Waals surface area contributed by atoms with Crippen molar-refractivity contribution < 1.29 is 96.9 Å². The number of oxazole rings is 2. The van der Waals surface area contributed by atoms with Crippen molar-refractivity contribution in [1.29, 1.82) is 0 Å². The summed E-state index contributed by atoms with van der Waals surface area (Å²) in [6.45, 7) is 28.9. The number of nitrogen functional groups attached to an aromatic ring is 1. The van der Waals surface area contributed by atoms with Gasteiger partial charge < -0.3 is 60.6 Å². The van der Waals surface area contributed by atoms with Gasteiger partial charge in [-0.05, 0) is 159 Å². The zero-order chi connectivity index (χ0) is 84.8. The van der Waals surface area contributed by atoms with Crippen LogP contribution in [0.4, 0.5) is 62.9 Å². The number of nitrogens with two attached hydrogens (primary N) is 1. The number of thiazole rings is 1. The first-order chi connectivity index (χ1) is 53.6. The number of carbonyl (C=O) groups excluding carboxylic acids is 7. The molecule has 36 heteroatoms. The maximum absolute atomic E-state index is 14.4. The topological polar surface area (TPSA) is 330 Å². The molecular weight excluding hydrogens is 1600 g/mol. The Kier molecular flexibility index (Phi) is 36.6. The van der Waals surface area contributed by atoms with E-state index in [0.717, 1.165) is 128 Å². The van der Waals surface area contributed by atoms with Crippen molar-refractivity contribution in [2.75, 3.05) is 67.4 Å². The molecule has 0 aliphatic carbocycles. The second kappa shape index (κ2) is 44.3. The van der Waals surface area contributed by atoms with E-state index in [1.54, 1.807) is 46.0 Å². The van der Waals surface area contributed by atoms with Crippen LogP contribution in [0.1, 0.15) is 148 Å². The highest BCUT2D eigenvalue weighted by molar-refractivity contribution is 8.00. The van der Waals surface area contributed by atoms with Gasteiger partial charge in [0.15, 0.2) is 0 Å². The predicted octanol–water partition coefficient (Wildman–Crippen LogP) is 17.8. The van der Waals surface area contributed by atoms with Gasteiger partial charge in [0.2, 0.25) is 34.7 Å². The fraction of sp³-hybridized carbons (Fsp3) is 0.321. The van der Waals surface area contributed by atoms with Crippen LogP contribution in [0.3, 0.4) is 0 Å². The number of nitrogens with zero attached hydrogens (tertiary/aromatic N) is 4. The van der Waals surface area contributed by atoms with Gasteiger partial charge in [0.1, 0.15) is 28.2 Å². The van der Waals surface area contributed by atoms with E-state index in [9.17, 15) is 73.5 Å². The Hall–Kier alpha value is -10.5. The number of amides is 4. The minimum Gasteiger partial charge on any atom is -0.478 e. The largest absolute Gasteiger partial charge is 0.478 e. The number of rotatable bonds is 21. The van der Waals surface area contributed by atoms with E-state index in [-0.39, 0.29) is 50.4 Å². The van der Waals surface area contributed by atoms with Crippen LogP contribution < -0.4 is 32.3 Å². The molecule has 0 saturated carbocycles. The number of carboxylic acid groups (broad SMARTS) is 1. The number of benzene rings is 4. The van der Waals surface area contributed by atoms with Crippen LogP contribution in [0.25, 0.3) is 0 Å². The molecular formula is C78H85ClF8N10O13S4. The molecule has 23 nitrogen and oxygen atoms in total. The van der Waals surface area contributed by atoms with Gasteiger partial charge in [0.05, 0.1) is 97.2 Å². The Balaban J connectivity index is 0.000000262. The highest BCUT2D eigenvalue weighted by atomic mass is 35.5. The third kappa shape index (κ3) is 31.1. The molecule has 0 radical (unpaired) electrons. The van der Waals surface area contributed by atoms with Crippen LogP contribution in [-0.2, 0) is 69.8 Å². The minimum absolute atomic E-state index is 0.0178. The number of anilines is 5. The molecule has 2 fully saturated rings. The summed E-state index contributed by atoms with van der Waals surface area (Å²) in [6, 6.07) is 17.8. The number of nitrogens with one attached hydrogen (secondary N) is 5. The van der Waals surface area contributed by atoms with Gasteiger partial charge in [-0.3, -0.25) is 24.0 Å². The third-order valence-corrected chi connectivity index (χ3v) is 20.0. The lowest BCUT2D eigenvalue weighted by molar-refractivity contribution is -0.137. The van der Waals surface area contributed by atoms with Gasteiger partial charge in [-0.2, -0.15) is 26.3 Å². The number of ether oxygens (including phenoxy) is 2.